The third kappa shape index (κ3) is 2.02. The minimum atomic E-state index is 0.862. The number of halogens is 2. The van der Waals surface area contributed by atoms with E-state index in [9.17, 15) is 0 Å². The van der Waals surface area contributed by atoms with Gasteiger partial charge in [0.1, 0.15) is 4.34 Å². The van der Waals surface area contributed by atoms with Crippen LogP contribution in [0.4, 0.5) is 0 Å². The highest BCUT2D eigenvalue weighted by Crippen LogP contribution is 2.35. The molecule has 1 aromatic carbocycles. The summed E-state index contributed by atoms with van der Waals surface area (Å²) in [7, 11) is 0. The summed E-state index contributed by atoms with van der Waals surface area (Å²) < 4.78 is 1.94. The molecule has 0 saturated carbocycles. The van der Waals surface area contributed by atoms with Crippen LogP contribution in [0.3, 0.4) is 0 Å². The molecule has 2 rings (SSSR count). The van der Waals surface area contributed by atoms with Crippen LogP contribution in [0.2, 0.25) is 4.34 Å². The average molecular weight is 288 g/mol. The quantitative estimate of drug-likeness (QED) is 0.681. The molecule has 0 amide bonds. The van der Waals surface area contributed by atoms with E-state index in [0.29, 0.717) is 0 Å². The molecule has 72 valence electrons. The van der Waals surface area contributed by atoms with Gasteiger partial charge in [0.2, 0.25) is 0 Å². The summed E-state index contributed by atoms with van der Waals surface area (Å²) in [6, 6.07) is 10.3. The van der Waals surface area contributed by atoms with Crippen molar-refractivity contribution in [1.82, 2.24) is 0 Å². The first kappa shape index (κ1) is 10.2. The molecule has 0 radical (unpaired) electrons. The molecule has 0 nitrogen and oxygen atoms in total. The zero-order chi connectivity index (χ0) is 10.1. The average Bonchev–Trinajstić information content (AvgIpc) is 2.45. The van der Waals surface area contributed by atoms with Crippen molar-refractivity contribution in [2.75, 3.05) is 0 Å². The Morgan fingerprint density at radius 1 is 1.29 bits per heavy atom. The van der Waals surface area contributed by atoms with E-state index in [1.807, 2.05) is 12.1 Å². The van der Waals surface area contributed by atoms with Crippen molar-refractivity contribution in [1.29, 1.82) is 0 Å². The highest BCUT2D eigenvalue weighted by molar-refractivity contribution is 9.10. The first-order valence-corrected chi connectivity index (χ1v) is 6.17. The smallest absolute Gasteiger partial charge is 0.101 e. The fourth-order valence-electron chi connectivity index (χ4n) is 1.34. The zero-order valence-corrected chi connectivity index (χ0v) is 10.7. The normalized spacial score (nSPS) is 10.5. The number of thiophene rings is 1. The van der Waals surface area contributed by atoms with Gasteiger partial charge in [0.25, 0.3) is 0 Å². The van der Waals surface area contributed by atoms with Crippen molar-refractivity contribution >= 4 is 38.9 Å². The van der Waals surface area contributed by atoms with Gasteiger partial charge in [0, 0.05) is 14.9 Å². The number of benzene rings is 1. The summed E-state index contributed by atoms with van der Waals surface area (Å²) >= 11 is 11.2. The highest BCUT2D eigenvalue weighted by atomic mass is 79.9. The molecule has 2 aromatic rings. The lowest BCUT2D eigenvalue weighted by atomic mass is 10.1. The molecule has 0 N–H and O–H groups in total. The minimum Gasteiger partial charge on any atom is -0.128 e. The third-order valence-corrected chi connectivity index (χ3v) is 3.71. The molecule has 0 unspecified atom stereocenters. The Hall–Kier alpha value is -0.310. The Bertz CT molecular complexity index is 462. The summed E-state index contributed by atoms with van der Waals surface area (Å²) in [4.78, 5) is 1.24. The fourth-order valence-corrected chi connectivity index (χ4v) is 3.01. The summed E-state index contributed by atoms with van der Waals surface area (Å²) in [5.74, 6) is 0. The molecule has 1 heterocycles. The molecule has 0 aliphatic heterocycles. The van der Waals surface area contributed by atoms with E-state index in [1.54, 1.807) is 11.3 Å². The van der Waals surface area contributed by atoms with Gasteiger partial charge >= 0.3 is 0 Å². The van der Waals surface area contributed by atoms with Gasteiger partial charge in [-0.25, -0.2) is 0 Å². The standard InChI is InChI=1S/C11H8BrClS/c1-7-5-10(11(13)14-7)8-3-2-4-9(12)6-8/h2-6H,1H3. The first-order chi connectivity index (χ1) is 6.66. The Morgan fingerprint density at radius 3 is 2.64 bits per heavy atom. The molecule has 0 aliphatic rings. The summed E-state index contributed by atoms with van der Waals surface area (Å²) in [6.07, 6.45) is 0. The Kier molecular flexibility index (Phi) is 2.96. The van der Waals surface area contributed by atoms with E-state index in [1.165, 1.54) is 4.88 Å². The topological polar surface area (TPSA) is 0 Å². The van der Waals surface area contributed by atoms with E-state index in [2.05, 4.69) is 41.1 Å². The second-order valence-corrected chi connectivity index (χ2v) is 5.83. The zero-order valence-electron chi connectivity index (χ0n) is 7.55. The van der Waals surface area contributed by atoms with Crippen LogP contribution in [-0.2, 0) is 0 Å². The van der Waals surface area contributed by atoms with E-state index in [-0.39, 0.29) is 0 Å². The molecule has 0 atom stereocenters. The van der Waals surface area contributed by atoms with Crippen molar-refractivity contribution in [3.63, 3.8) is 0 Å². The van der Waals surface area contributed by atoms with E-state index >= 15 is 0 Å². The summed E-state index contributed by atoms with van der Waals surface area (Å²) in [5, 5.41) is 0. The molecule has 0 fully saturated rings. The lowest BCUT2D eigenvalue weighted by Crippen LogP contribution is -1.73. The monoisotopic (exact) mass is 286 g/mol. The van der Waals surface area contributed by atoms with E-state index < -0.39 is 0 Å². The van der Waals surface area contributed by atoms with Crippen LogP contribution < -0.4 is 0 Å². The molecule has 1 aromatic heterocycles. The molecule has 3 heteroatoms. The lowest BCUT2D eigenvalue weighted by Gasteiger charge is -1.99. The molecular formula is C11H8BrClS. The number of hydrogen-bond donors (Lipinski definition) is 0. The number of hydrogen-bond acceptors (Lipinski definition) is 1. The molecule has 0 spiro atoms. The number of rotatable bonds is 1. The summed E-state index contributed by atoms with van der Waals surface area (Å²) in [6.45, 7) is 2.07. The van der Waals surface area contributed by atoms with Crippen LogP contribution in [-0.4, -0.2) is 0 Å². The van der Waals surface area contributed by atoms with Crippen LogP contribution in [0.15, 0.2) is 34.8 Å². The predicted molar refractivity (Wildman–Crippen MR) is 67.2 cm³/mol. The van der Waals surface area contributed by atoms with Gasteiger partial charge in [-0.3, -0.25) is 0 Å². The van der Waals surface area contributed by atoms with E-state index in [4.69, 9.17) is 11.6 Å². The van der Waals surface area contributed by atoms with Crippen LogP contribution in [0, 0.1) is 6.92 Å². The second-order valence-electron chi connectivity index (χ2n) is 3.05. The lowest BCUT2D eigenvalue weighted by molar-refractivity contribution is 1.60. The fraction of sp³-hybridized carbons (Fsp3) is 0.0909. The van der Waals surface area contributed by atoms with Crippen molar-refractivity contribution < 1.29 is 0 Å². The van der Waals surface area contributed by atoms with E-state index in [0.717, 1.165) is 19.9 Å². The van der Waals surface area contributed by atoms with Gasteiger partial charge in [-0.1, -0.05) is 39.7 Å². The minimum absolute atomic E-state index is 0.862. The van der Waals surface area contributed by atoms with Gasteiger partial charge < -0.3 is 0 Å². The van der Waals surface area contributed by atoms with Crippen molar-refractivity contribution in [3.05, 3.63) is 44.0 Å². The first-order valence-electron chi connectivity index (χ1n) is 4.18. The van der Waals surface area contributed by atoms with Gasteiger partial charge in [0.15, 0.2) is 0 Å². The Balaban J connectivity index is 2.54. The third-order valence-electron chi connectivity index (χ3n) is 1.95. The van der Waals surface area contributed by atoms with Crippen molar-refractivity contribution in [3.8, 4) is 11.1 Å². The Morgan fingerprint density at radius 2 is 2.07 bits per heavy atom. The molecule has 14 heavy (non-hydrogen) atoms. The highest BCUT2D eigenvalue weighted by Gasteiger charge is 2.06. The van der Waals surface area contributed by atoms with Gasteiger partial charge in [-0.05, 0) is 30.7 Å². The number of aryl methyl sites for hydroxylation is 1. The van der Waals surface area contributed by atoms with Crippen molar-refractivity contribution in [2.45, 2.75) is 6.92 Å². The van der Waals surface area contributed by atoms with Gasteiger partial charge in [0.05, 0.1) is 0 Å². The second kappa shape index (κ2) is 4.05. The van der Waals surface area contributed by atoms with Crippen LogP contribution >= 0.6 is 38.9 Å². The largest absolute Gasteiger partial charge is 0.128 e. The maximum atomic E-state index is 6.14. The van der Waals surface area contributed by atoms with Crippen molar-refractivity contribution in [2.24, 2.45) is 0 Å². The van der Waals surface area contributed by atoms with Gasteiger partial charge in [-0.15, -0.1) is 11.3 Å². The SMILES string of the molecule is Cc1cc(-c2cccc(Br)c2)c(Cl)s1. The van der Waals surface area contributed by atoms with Crippen LogP contribution in [0.25, 0.3) is 11.1 Å². The predicted octanol–water partition coefficient (Wildman–Crippen LogP) is 5.14. The van der Waals surface area contributed by atoms with Crippen LogP contribution in [0.1, 0.15) is 4.88 Å². The van der Waals surface area contributed by atoms with Crippen LogP contribution in [0.5, 0.6) is 0 Å². The molecule has 0 aliphatic carbocycles. The maximum Gasteiger partial charge on any atom is 0.101 e. The van der Waals surface area contributed by atoms with Gasteiger partial charge in [-0.2, -0.15) is 0 Å². The Labute approximate surface area is 101 Å². The summed E-state index contributed by atoms with van der Waals surface area (Å²) in [5.41, 5.74) is 2.28. The molecule has 0 saturated heterocycles. The molecular weight excluding hydrogens is 280 g/mol. The molecule has 0 bridgehead atoms. The maximum absolute atomic E-state index is 6.14.